The lowest BCUT2D eigenvalue weighted by molar-refractivity contribution is -0.122. The molecule has 0 bridgehead atoms. The third-order valence-corrected chi connectivity index (χ3v) is 3.62. The van der Waals surface area contributed by atoms with E-state index in [1.54, 1.807) is 0 Å². The predicted molar refractivity (Wildman–Crippen MR) is 81.2 cm³/mol. The quantitative estimate of drug-likeness (QED) is 0.258. The van der Waals surface area contributed by atoms with E-state index < -0.39 is 0 Å². The smallest absolute Gasteiger partial charge is 0.237 e. The molecule has 0 aromatic heterocycles. The summed E-state index contributed by atoms with van der Waals surface area (Å²) < 4.78 is 0. The van der Waals surface area contributed by atoms with Gasteiger partial charge in [0.25, 0.3) is 0 Å². The van der Waals surface area contributed by atoms with Crippen molar-refractivity contribution in [2.75, 3.05) is 6.54 Å². The zero-order valence-electron chi connectivity index (χ0n) is 12.1. The molecule has 1 aromatic carbocycles. The minimum absolute atomic E-state index is 0.0104. The van der Waals surface area contributed by atoms with Crippen molar-refractivity contribution in [1.29, 1.82) is 0 Å². The monoisotopic (exact) mass is 290 g/mol. The number of hydrogen-bond acceptors (Lipinski definition) is 4. The fourth-order valence-electron chi connectivity index (χ4n) is 2.09. The van der Waals surface area contributed by atoms with Crippen molar-refractivity contribution in [3.8, 4) is 0 Å². The van der Waals surface area contributed by atoms with E-state index >= 15 is 0 Å². The van der Waals surface area contributed by atoms with Crippen LogP contribution in [0.3, 0.4) is 0 Å². The maximum atomic E-state index is 11.9. The van der Waals surface area contributed by atoms with Crippen molar-refractivity contribution >= 4 is 11.7 Å². The van der Waals surface area contributed by atoms with Gasteiger partial charge in [-0.3, -0.25) is 4.79 Å². The topological polar surface area (TPSA) is 99.7 Å². The molecule has 5 N–H and O–H groups in total. The average Bonchev–Trinajstić information content (AvgIpc) is 3.31. The van der Waals surface area contributed by atoms with Gasteiger partial charge in [0, 0.05) is 12.6 Å². The Bertz CT molecular complexity index is 500. The maximum Gasteiger partial charge on any atom is 0.237 e. The number of nitrogens with two attached hydrogens (primary N) is 1. The summed E-state index contributed by atoms with van der Waals surface area (Å²) in [5.41, 5.74) is 6.70. The number of rotatable bonds is 7. The van der Waals surface area contributed by atoms with E-state index in [-0.39, 0.29) is 23.7 Å². The Kier molecular flexibility index (Phi) is 5.16. The zero-order chi connectivity index (χ0) is 15.2. The largest absolute Gasteiger partial charge is 0.409 e. The average molecular weight is 290 g/mol. The normalized spacial score (nSPS) is 18.0. The van der Waals surface area contributed by atoms with E-state index in [1.165, 1.54) is 0 Å². The van der Waals surface area contributed by atoms with E-state index in [2.05, 4.69) is 15.8 Å². The summed E-state index contributed by atoms with van der Waals surface area (Å²) in [6.07, 6.45) is 2.13. The Labute approximate surface area is 124 Å². The molecule has 0 heterocycles. The van der Waals surface area contributed by atoms with E-state index in [0.29, 0.717) is 12.6 Å². The number of nitrogens with zero attached hydrogens (tertiary/aromatic N) is 1. The van der Waals surface area contributed by atoms with Crippen molar-refractivity contribution in [3.63, 3.8) is 0 Å². The van der Waals surface area contributed by atoms with Gasteiger partial charge >= 0.3 is 0 Å². The maximum absolute atomic E-state index is 11.9. The Hall–Kier alpha value is -2.08. The van der Waals surface area contributed by atoms with Crippen LogP contribution in [0.5, 0.6) is 0 Å². The van der Waals surface area contributed by atoms with Crippen molar-refractivity contribution in [2.45, 2.75) is 37.8 Å². The fourth-order valence-corrected chi connectivity index (χ4v) is 2.09. The second-order valence-corrected chi connectivity index (χ2v) is 5.40. The summed E-state index contributed by atoms with van der Waals surface area (Å²) in [5.74, 6) is -0.153. The highest BCUT2D eigenvalue weighted by Gasteiger charge is 2.26. The SMILES string of the molecule is CC(NCC(/C(N)=N/O)c1ccccc1)C(=O)NC1CC1. The number of hydrogen-bond donors (Lipinski definition) is 4. The number of carbonyl (C=O) groups is 1. The molecule has 1 aliphatic rings. The van der Waals surface area contributed by atoms with E-state index in [0.717, 1.165) is 18.4 Å². The summed E-state index contributed by atoms with van der Waals surface area (Å²) in [7, 11) is 0. The Balaban J connectivity index is 1.94. The molecule has 1 amide bonds. The number of amides is 1. The van der Waals surface area contributed by atoms with Gasteiger partial charge in [0.1, 0.15) is 5.84 Å². The molecule has 1 fully saturated rings. The number of oxime groups is 1. The molecule has 6 heteroatoms. The van der Waals surface area contributed by atoms with Crippen LogP contribution in [0.25, 0.3) is 0 Å². The molecule has 2 rings (SSSR count). The molecule has 21 heavy (non-hydrogen) atoms. The predicted octanol–water partition coefficient (Wildman–Crippen LogP) is 0.773. The molecule has 1 saturated carbocycles. The van der Waals surface area contributed by atoms with Crippen LogP contribution < -0.4 is 16.4 Å². The summed E-state index contributed by atoms with van der Waals surface area (Å²) in [6, 6.07) is 9.57. The van der Waals surface area contributed by atoms with Crippen LogP contribution in [0.2, 0.25) is 0 Å². The first kappa shape index (κ1) is 15.3. The molecule has 114 valence electrons. The van der Waals surface area contributed by atoms with Gasteiger partial charge in [0.05, 0.1) is 12.0 Å². The van der Waals surface area contributed by atoms with Gasteiger partial charge in [-0.1, -0.05) is 35.5 Å². The van der Waals surface area contributed by atoms with Crippen LogP contribution in [0.1, 0.15) is 31.2 Å². The van der Waals surface area contributed by atoms with E-state index in [1.807, 2.05) is 37.3 Å². The summed E-state index contributed by atoms with van der Waals surface area (Å²) >= 11 is 0. The fraction of sp³-hybridized carbons (Fsp3) is 0.467. The minimum Gasteiger partial charge on any atom is -0.409 e. The second-order valence-electron chi connectivity index (χ2n) is 5.40. The number of carbonyl (C=O) groups excluding carboxylic acids is 1. The second kappa shape index (κ2) is 7.08. The van der Waals surface area contributed by atoms with Gasteiger partial charge in [-0.15, -0.1) is 0 Å². The highest BCUT2D eigenvalue weighted by molar-refractivity contribution is 5.87. The lowest BCUT2D eigenvalue weighted by atomic mass is 9.97. The highest BCUT2D eigenvalue weighted by atomic mass is 16.4. The van der Waals surface area contributed by atoms with E-state index in [9.17, 15) is 4.79 Å². The lowest BCUT2D eigenvalue weighted by Crippen LogP contribution is -2.45. The number of benzene rings is 1. The van der Waals surface area contributed by atoms with Crippen LogP contribution in [-0.4, -0.2) is 35.6 Å². The Morgan fingerprint density at radius 3 is 2.67 bits per heavy atom. The molecule has 6 nitrogen and oxygen atoms in total. The van der Waals surface area contributed by atoms with Gasteiger partial charge in [-0.25, -0.2) is 0 Å². The van der Waals surface area contributed by atoms with E-state index in [4.69, 9.17) is 10.9 Å². The standard InChI is InChI=1S/C15H22N4O2/c1-10(15(20)18-12-7-8-12)17-9-13(14(16)19-21)11-5-3-2-4-6-11/h2-6,10,12-13,17,21H,7-9H2,1H3,(H2,16,19)(H,18,20). The van der Waals surface area contributed by atoms with Crippen LogP contribution in [0, 0.1) is 0 Å². The first-order chi connectivity index (χ1) is 10.1. The van der Waals surface area contributed by atoms with Crippen molar-refractivity contribution in [1.82, 2.24) is 10.6 Å². The van der Waals surface area contributed by atoms with Crippen LogP contribution in [-0.2, 0) is 4.79 Å². The minimum atomic E-state index is -0.316. The zero-order valence-corrected chi connectivity index (χ0v) is 12.1. The van der Waals surface area contributed by atoms with Gasteiger partial charge in [0.2, 0.25) is 5.91 Å². The summed E-state index contributed by atoms with van der Waals surface area (Å²) in [6.45, 7) is 2.24. The molecule has 0 spiro atoms. The van der Waals surface area contributed by atoms with Crippen LogP contribution in [0.4, 0.5) is 0 Å². The first-order valence-corrected chi connectivity index (χ1v) is 7.18. The van der Waals surface area contributed by atoms with Crippen molar-refractivity contribution in [3.05, 3.63) is 35.9 Å². The first-order valence-electron chi connectivity index (χ1n) is 7.18. The van der Waals surface area contributed by atoms with Crippen molar-refractivity contribution in [2.24, 2.45) is 10.9 Å². The Morgan fingerprint density at radius 2 is 2.10 bits per heavy atom. The molecular formula is C15H22N4O2. The molecule has 1 aliphatic carbocycles. The van der Waals surface area contributed by atoms with Gasteiger partial charge < -0.3 is 21.6 Å². The summed E-state index contributed by atoms with van der Waals surface area (Å²) in [5, 5.41) is 18.1. The number of amidine groups is 1. The lowest BCUT2D eigenvalue weighted by Gasteiger charge is -2.20. The van der Waals surface area contributed by atoms with Gasteiger partial charge in [-0.2, -0.15) is 0 Å². The molecule has 0 radical (unpaired) electrons. The Morgan fingerprint density at radius 1 is 1.43 bits per heavy atom. The number of nitrogens with one attached hydrogen (secondary N) is 2. The molecule has 2 unspecified atom stereocenters. The highest BCUT2D eigenvalue weighted by Crippen LogP contribution is 2.19. The van der Waals surface area contributed by atoms with Crippen LogP contribution in [0.15, 0.2) is 35.5 Å². The van der Waals surface area contributed by atoms with Gasteiger partial charge in [0.15, 0.2) is 0 Å². The molecule has 2 atom stereocenters. The third kappa shape index (κ3) is 4.46. The molecular weight excluding hydrogens is 268 g/mol. The van der Waals surface area contributed by atoms with Crippen LogP contribution >= 0.6 is 0 Å². The third-order valence-electron chi connectivity index (χ3n) is 3.62. The van der Waals surface area contributed by atoms with Gasteiger partial charge in [-0.05, 0) is 25.3 Å². The molecule has 1 aromatic rings. The summed E-state index contributed by atoms with van der Waals surface area (Å²) in [4.78, 5) is 11.9. The molecule has 0 aliphatic heterocycles. The van der Waals surface area contributed by atoms with Crippen molar-refractivity contribution < 1.29 is 10.0 Å². The molecule has 0 saturated heterocycles.